The van der Waals surface area contributed by atoms with E-state index in [-0.39, 0.29) is 0 Å². The van der Waals surface area contributed by atoms with Crippen LogP contribution in [0.4, 0.5) is 5.69 Å². The van der Waals surface area contributed by atoms with Gasteiger partial charge in [-0.05, 0) is 17.7 Å². The maximum absolute atomic E-state index is 3.17. The molecule has 0 bridgehead atoms. The lowest BCUT2D eigenvalue weighted by Gasteiger charge is -2.04. The van der Waals surface area contributed by atoms with Crippen LogP contribution in [0.5, 0.6) is 0 Å². The van der Waals surface area contributed by atoms with Crippen LogP contribution in [0.2, 0.25) is 0 Å². The topological polar surface area (TPSA) is 12.0 Å². The van der Waals surface area contributed by atoms with Crippen molar-refractivity contribution in [2.45, 2.75) is 6.42 Å². The first-order valence-corrected chi connectivity index (χ1v) is 5.03. The zero-order valence-corrected chi connectivity index (χ0v) is 8.48. The van der Waals surface area contributed by atoms with E-state index in [2.05, 4.69) is 24.0 Å². The van der Waals surface area contributed by atoms with Crippen LogP contribution < -0.4 is 5.32 Å². The minimum atomic E-state index is 0.815. The highest BCUT2D eigenvalue weighted by molar-refractivity contribution is 5.44. The second-order valence-corrected chi connectivity index (χ2v) is 3.33. The van der Waals surface area contributed by atoms with Crippen molar-refractivity contribution in [3.8, 4) is 0 Å². The molecule has 2 aromatic rings. The number of hydrogen-bond donors (Lipinski definition) is 1. The average molecular weight is 195 g/mol. The van der Waals surface area contributed by atoms with E-state index >= 15 is 0 Å². The number of rotatable bonds is 4. The number of nitrogens with one attached hydrogen (secondary N) is 1. The van der Waals surface area contributed by atoms with Crippen LogP contribution >= 0.6 is 0 Å². The molecule has 0 spiro atoms. The maximum atomic E-state index is 3.17. The molecular formula is C14H13N. The van der Waals surface area contributed by atoms with Gasteiger partial charge in [0.25, 0.3) is 0 Å². The van der Waals surface area contributed by atoms with Crippen LogP contribution in [0.25, 0.3) is 0 Å². The highest BCUT2D eigenvalue weighted by Crippen LogP contribution is 2.07. The van der Waals surface area contributed by atoms with Gasteiger partial charge in [-0.15, -0.1) is 0 Å². The Morgan fingerprint density at radius 3 is 2.07 bits per heavy atom. The Labute approximate surface area is 90.8 Å². The molecule has 0 aromatic heterocycles. The van der Waals surface area contributed by atoms with Gasteiger partial charge in [-0.2, -0.15) is 0 Å². The molecule has 0 atom stereocenters. The van der Waals surface area contributed by atoms with Gasteiger partial charge in [-0.3, -0.25) is 0 Å². The van der Waals surface area contributed by atoms with E-state index in [9.17, 15) is 0 Å². The Hall–Kier alpha value is -1.76. The number of anilines is 1. The largest absolute Gasteiger partial charge is 0.375 e. The Bertz CT molecular complexity index is 341. The summed E-state index contributed by atoms with van der Waals surface area (Å²) in [5.74, 6) is 0. The van der Waals surface area contributed by atoms with Crippen LogP contribution in [-0.2, 0) is 6.42 Å². The van der Waals surface area contributed by atoms with Crippen molar-refractivity contribution in [3.63, 3.8) is 0 Å². The molecule has 2 rings (SSSR count). The van der Waals surface area contributed by atoms with Gasteiger partial charge < -0.3 is 5.32 Å². The number of hydrogen-bond acceptors (Lipinski definition) is 1. The summed E-state index contributed by atoms with van der Waals surface area (Å²) < 4.78 is 0. The van der Waals surface area contributed by atoms with Crippen LogP contribution in [0.3, 0.4) is 0 Å². The summed E-state index contributed by atoms with van der Waals surface area (Å²) in [7, 11) is 0. The Morgan fingerprint density at radius 2 is 1.40 bits per heavy atom. The molecule has 74 valence electrons. The van der Waals surface area contributed by atoms with Crippen molar-refractivity contribution in [2.75, 3.05) is 5.32 Å². The van der Waals surface area contributed by atoms with E-state index in [4.69, 9.17) is 0 Å². The molecule has 0 unspecified atom stereocenters. The van der Waals surface area contributed by atoms with Gasteiger partial charge in [0.05, 0.1) is 6.54 Å². The molecule has 2 aromatic carbocycles. The maximum Gasteiger partial charge on any atom is 0.0928 e. The molecule has 2 radical (unpaired) electrons. The normalized spacial score (nSPS) is 9.87. The highest BCUT2D eigenvalue weighted by atomic mass is 14.9. The van der Waals surface area contributed by atoms with Gasteiger partial charge in [0.1, 0.15) is 0 Å². The van der Waals surface area contributed by atoms with Crippen LogP contribution in [0.15, 0.2) is 60.7 Å². The average Bonchev–Trinajstić information content (AvgIpc) is 2.32. The van der Waals surface area contributed by atoms with Crippen molar-refractivity contribution in [3.05, 3.63) is 72.8 Å². The predicted molar refractivity (Wildman–Crippen MR) is 63.5 cm³/mol. The summed E-state index contributed by atoms with van der Waals surface area (Å²) in [6, 6.07) is 20.4. The van der Waals surface area contributed by atoms with Crippen LogP contribution in [0, 0.1) is 6.54 Å². The molecule has 1 N–H and O–H groups in total. The lowest BCUT2D eigenvalue weighted by atomic mass is 10.1. The minimum absolute atomic E-state index is 0.815. The molecule has 0 aliphatic heterocycles. The third-order valence-corrected chi connectivity index (χ3v) is 2.14. The van der Waals surface area contributed by atoms with Crippen molar-refractivity contribution in [1.29, 1.82) is 0 Å². The lowest BCUT2D eigenvalue weighted by Crippen LogP contribution is -1.97. The fraction of sp³-hybridized carbons (Fsp3) is 0.0714. The summed E-state index contributed by atoms with van der Waals surface area (Å²) in [5, 5.41) is 3.14. The van der Waals surface area contributed by atoms with Crippen LogP contribution in [0.1, 0.15) is 5.56 Å². The Morgan fingerprint density at radius 1 is 0.800 bits per heavy atom. The summed E-state index contributed by atoms with van der Waals surface area (Å²) in [5.41, 5.74) is 2.34. The fourth-order valence-electron chi connectivity index (χ4n) is 1.37. The molecule has 1 heteroatoms. The highest BCUT2D eigenvalue weighted by Gasteiger charge is 1.93. The van der Waals surface area contributed by atoms with E-state index in [1.165, 1.54) is 5.56 Å². The van der Waals surface area contributed by atoms with Gasteiger partial charge in [-0.1, -0.05) is 48.5 Å². The minimum Gasteiger partial charge on any atom is -0.375 e. The predicted octanol–water partition coefficient (Wildman–Crippen LogP) is 3.38. The molecule has 1 nitrogen and oxygen atoms in total. The summed E-state index contributed by atoms with van der Waals surface area (Å²) in [6.07, 6.45) is 0.815. The third kappa shape index (κ3) is 3.13. The lowest BCUT2D eigenvalue weighted by molar-refractivity contribution is 1.15. The zero-order chi connectivity index (χ0) is 10.3. The number of benzene rings is 2. The SMILES string of the molecule is [C](Cc1ccccc1)Nc1ccccc1. The molecule has 0 aliphatic rings. The van der Waals surface area contributed by atoms with Crippen molar-refractivity contribution in [2.24, 2.45) is 0 Å². The van der Waals surface area contributed by atoms with E-state index < -0.39 is 0 Å². The molecular weight excluding hydrogens is 182 g/mol. The molecule has 0 heterocycles. The van der Waals surface area contributed by atoms with Gasteiger partial charge in [0.2, 0.25) is 0 Å². The molecule has 0 amide bonds. The second-order valence-electron chi connectivity index (χ2n) is 3.33. The van der Waals surface area contributed by atoms with Gasteiger partial charge in [0, 0.05) is 12.1 Å². The molecule has 0 saturated carbocycles. The zero-order valence-electron chi connectivity index (χ0n) is 8.48. The quantitative estimate of drug-likeness (QED) is 0.737. The summed E-state index contributed by atoms with van der Waals surface area (Å²) in [6.45, 7) is 3.17. The number of para-hydroxylation sites is 1. The molecule has 0 fully saturated rings. The van der Waals surface area contributed by atoms with E-state index in [1.54, 1.807) is 0 Å². The van der Waals surface area contributed by atoms with Crippen molar-refractivity contribution in [1.82, 2.24) is 0 Å². The smallest absolute Gasteiger partial charge is 0.0928 e. The van der Waals surface area contributed by atoms with E-state index in [1.807, 2.05) is 48.5 Å². The monoisotopic (exact) mass is 195 g/mol. The van der Waals surface area contributed by atoms with E-state index in [0.717, 1.165) is 12.1 Å². The second kappa shape index (κ2) is 5.20. The van der Waals surface area contributed by atoms with Crippen molar-refractivity contribution >= 4 is 5.69 Å². The first-order chi connectivity index (χ1) is 7.45. The first-order valence-electron chi connectivity index (χ1n) is 5.03. The van der Waals surface area contributed by atoms with Gasteiger partial charge >= 0.3 is 0 Å². The van der Waals surface area contributed by atoms with Gasteiger partial charge in [-0.25, -0.2) is 0 Å². The van der Waals surface area contributed by atoms with Crippen molar-refractivity contribution < 1.29 is 0 Å². The first kappa shape index (κ1) is 9.78. The summed E-state index contributed by atoms with van der Waals surface area (Å²) >= 11 is 0. The Balaban J connectivity index is 1.81. The molecule has 0 saturated heterocycles. The fourth-order valence-corrected chi connectivity index (χ4v) is 1.37. The van der Waals surface area contributed by atoms with Gasteiger partial charge in [0.15, 0.2) is 0 Å². The molecule has 0 aliphatic carbocycles. The molecule has 15 heavy (non-hydrogen) atoms. The summed E-state index contributed by atoms with van der Waals surface area (Å²) in [4.78, 5) is 0. The third-order valence-electron chi connectivity index (χ3n) is 2.14. The Kier molecular flexibility index (Phi) is 3.39. The van der Waals surface area contributed by atoms with Crippen LogP contribution in [-0.4, -0.2) is 0 Å². The standard InChI is InChI=1S/C14H13N/c1-3-7-13(8-4-1)11-12-15-14-9-5-2-6-10-14/h1-10,15H,11H2. The van der Waals surface area contributed by atoms with E-state index in [0.29, 0.717) is 0 Å².